The molecule has 90 valence electrons. The Kier molecular flexibility index (Phi) is 3.82. The molecule has 0 aliphatic heterocycles. The van der Waals surface area contributed by atoms with Gasteiger partial charge in [-0.2, -0.15) is 5.10 Å². The van der Waals surface area contributed by atoms with E-state index in [1.807, 2.05) is 13.0 Å². The normalized spacial score (nSPS) is 12.6. The van der Waals surface area contributed by atoms with Crippen molar-refractivity contribution in [3.05, 3.63) is 47.8 Å². The van der Waals surface area contributed by atoms with Crippen molar-refractivity contribution in [3.8, 4) is 0 Å². The minimum atomic E-state index is -0.174. The smallest absolute Gasteiger partial charge is 0.137 e. The summed E-state index contributed by atoms with van der Waals surface area (Å²) in [7, 11) is 0. The molecule has 0 amide bonds. The number of aromatic nitrogens is 3. The highest BCUT2D eigenvalue weighted by Gasteiger charge is 2.09. The second-order valence-corrected chi connectivity index (χ2v) is 3.88. The van der Waals surface area contributed by atoms with Crippen LogP contribution >= 0.6 is 0 Å². The molecule has 1 aromatic carbocycles. The Morgan fingerprint density at radius 1 is 1.41 bits per heavy atom. The van der Waals surface area contributed by atoms with E-state index in [0.717, 1.165) is 18.8 Å². The average Bonchev–Trinajstić information content (AvgIpc) is 2.82. The minimum absolute atomic E-state index is 0.0147. The molecule has 0 spiro atoms. The Labute approximate surface area is 99.3 Å². The summed E-state index contributed by atoms with van der Waals surface area (Å²) >= 11 is 0. The molecule has 0 aliphatic carbocycles. The minimum Gasteiger partial charge on any atom is -0.310 e. The molecule has 5 heteroatoms. The van der Waals surface area contributed by atoms with E-state index in [2.05, 4.69) is 20.5 Å². The van der Waals surface area contributed by atoms with Crippen LogP contribution in [0.4, 0.5) is 4.39 Å². The van der Waals surface area contributed by atoms with E-state index in [4.69, 9.17) is 0 Å². The third kappa shape index (κ3) is 3.10. The van der Waals surface area contributed by atoms with E-state index in [1.54, 1.807) is 12.1 Å². The molecule has 17 heavy (non-hydrogen) atoms. The van der Waals surface area contributed by atoms with Crippen molar-refractivity contribution in [2.45, 2.75) is 19.4 Å². The summed E-state index contributed by atoms with van der Waals surface area (Å²) < 4.78 is 13.5. The quantitative estimate of drug-likeness (QED) is 0.830. The summed E-state index contributed by atoms with van der Waals surface area (Å²) in [6.07, 6.45) is 2.23. The molecule has 4 nitrogen and oxygen atoms in total. The Hall–Kier alpha value is -1.75. The standard InChI is InChI=1S/C12H15FN4/c1-9(10-4-2-3-5-11(10)13)14-7-6-12-15-8-16-17-12/h2-5,8-9,14H,6-7H2,1H3,(H,15,16,17). The number of nitrogens with zero attached hydrogens (tertiary/aromatic N) is 2. The molecular weight excluding hydrogens is 219 g/mol. The predicted molar refractivity (Wildman–Crippen MR) is 62.9 cm³/mol. The zero-order valence-corrected chi connectivity index (χ0v) is 9.65. The fourth-order valence-electron chi connectivity index (χ4n) is 1.69. The lowest BCUT2D eigenvalue weighted by Gasteiger charge is -2.14. The summed E-state index contributed by atoms with van der Waals surface area (Å²) in [5.74, 6) is 0.658. The molecule has 2 N–H and O–H groups in total. The van der Waals surface area contributed by atoms with Gasteiger partial charge in [-0.05, 0) is 13.0 Å². The molecule has 1 atom stereocenters. The van der Waals surface area contributed by atoms with Crippen LogP contribution in [-0.4, -0.2) is 21.7 Å². The van der Waals surface area contributed by atoms with Crippen molar-refractivity contribution < 1.29 is 4.39 Å². The van der Waals surface area contributed by atoms with Gasteiger partial charge in [-0.15, -0.1) is 0 Å². The number of rotatable bonds is 5. The van der Waals surface area contributed by atoms with Crippen LogP contribution < -0.4 is 5.32 Å². The van der Waals surface area contributed by atoms with Crippen molar-refractivity contribution in [2.75, 3.05) is 6.54 Å². The SMILES string of the molecule is CC(NCCc1ncn[nH]1)c1ccccc1F. The highest BCUT2D eigenvalue weighted by atomic mass is 19.1. The lowest BCUT2D eigenvalue weighted by Crippen LogP contribution is -2.22. The number of benzene rings is 1. The van der Waals surface area contributed by atoms with Crippen molar-refractivity contribution in [2.24, 2.45) is 0 Å². The monoisotopic (exact) mass is 234 g/mol. The lowest BCUT2D eigenvalue weighted by atomic mass is 10.1. The van der Waals surface area contributed by atoms with Gasteiger partial charge in [0.15, 0.2) is 0 Å². The average molecular weight is 234 g/mol. The van der Waals surface area contributed by atoms with Crippen molar-refractivity contribution in [1.29, 1.82) is 0 Å². The summed E-state index contributed by atoms with van der Waals surface area (Å²) in [6.45, 7) is 2.67. The topological polar surface area (TPSA) is 53.6 Å². The second-order valence-electron chi connectivity index (χ2n) is 3.88. The van der Waals surface area contributed by atoms with Crippen LogP contribution in [0.2, 0.25) is 0 Å². The van der Waals surface area contributed by atoms with Gasteiger partial charge in [0.1, 0.15) is 18.0 Å². The van der Waals surface area contributed by atoms with E-state index in [1.165, 1.54) is 12.4 Å². The third-order valence-corrected chi connectivity index (χ3v) is 2.65. The first-order valence-corrected chi connectivity index (χ1v) is 5.59. The van der Waals surface area contributed by atoms with Crippen LogP contribution in [0.25, 0.3) is 0 Å². The molecular formula is C12H15FN4. The Morgan fingerprint density at radius 2 is 2.24 bits per heavy atom. The summed E-state index contributed by atoms with van der Waals surface area (Å²) in [5, 5.41) is 9.81. The molecule has 1 heterocycles. The number of halogens is 1. The van der Waals surface area contributed by atoms with Crippen molar-refractivity contribution in [1.82, 2.24) is 20.5 Å². The number of H-pyrrole nitrogens is 1. The highest BCUT2D eigenvalue weighted by Crippen LogP contribution is 2.15. The number of aromatic amines is 1. The first kappa shape index (κ1) is 11.7. The molecule has 0 bridgehead atoms. The molecule has 0 radical (unpaired) electrons. The van der Waals surface area contributed by atoms with Gasteiger partial charge in [0.05, 0.1) is 0 Å². The summed E-state index contributed by atoms with van der Waals surface area (Å²) in [6, 6.07) is 6.79. The van der Waals surface area contributed by atoms with Crippen molar-refractivity contribution >= 4 is 0 Å². The zero-order chi connectivity index (χ0) is 12.1. The summed E-state index contributed by atoms with van der Waals surface area (Å²) in [5.41, 5.74) is 0.685. The van der Waals surface area contributed by atoms with Crippen LogP contribution in [0.5, 0.6) is 0 Å². The molecule has 1 unspecified atom stereocenters. The highest BCUT2D eigenvalue weighted by molar-refractivity contribution is 5.20. The van der Waals surface area contributed by atoms with Crippen LogP contribution in [0.15, 0.2) is 30.6 Å². The van der Waals surface area contributed by atoms with Gasteiger partial charge >= 0.3 is 0 Å². The molecule has 0 fully saturated rings. The van der Waals surface area contributed by atoms with Gasteiger partial charge in [-0.1, -0.05) is 18.2 Å². The van der Waals surface area contributed by atoms with Gasteiger partial charge < -0.3 is 5.32 Å². The summed E-state index contributed by atoms with van der Waals surface area (Å²) in [4.78, 5) is 4.02. The second kappa shape index (κ2) is 5.54. The fourth-order valence-corrected chi connectivity index (χ4v) is 1.69. The first-order valence-electron chi connectivity index (χ1n) is 5.59. The Bertz CT molecular complexity index is 455. The van der Waals surface area contributed by atoms with Gasteiger partial charge in [0.2, 0.25) is 0 Å². The molecule has 0 aliphatic rings. The molecule has 0 saturated carbocycles. The molecule has 0 saturated heterocycles. The van der Waals surface area contributed by atoms with Crippen LogP contribution in [0.3, 0.4) is 0 Å². The number of nitrogens with one attached hydrogen (secondary N) is 2. The largest absolute Gasteiger partial charge is 0.310 e. The Morgan fingerprint density at radius 3 is 2.94 bits per heavy atom. The van der Waals surface area contributed by atoms with Crippen LogP contribution in [0.1, 0.15) is 24.4 Å². The van der Waals surface area contributed by atoms with E-state index in [0.29, 0.717) is 5.56 Å². The third-order valence-electron chi connectivity index (χ3n) is 2.65. The lowest BCUT2D eigenvalue weighted by molar-refractivity contribution is 0.528. The zero-order valence-electron chi connectivity index (χ0n) is 9.65. The van der Waals surface area contributed by atoms with Gasteiger partial charge in [0.25, 0.3) is 0 Å². The number of hydrogen-bond acceptors (Lipinski definition) is 3. The molecule has 1 aromatic heterocycles. The maximum Gasteiger partial charge on any atom is 0.137 e. The van der Waals surface area contributed by atoms with Crippen LogP contribution in [-0.2, 0) is 6.42 Å². The first-order chi connectivity index (χ1) is 8.27. The number of hydrogen-bond donors (Lipinski definition) is 2. The maximum atomic E-state index is 13.5. The van der Waals surface area contributed by atoms with Crippen LogP contribution in [0, 0.1) is 5.82 Å². The molecule has 2 aromatic rings. The predicted octanol–water partition coefficient (Wildman–Crippen LogP) is 1.84. The van der Waals surface area contributed by atoms with Crippen molar-refractivity contribution in [3.63, 3.8) is 0 Å². The molecule has 2 rings (SSSR count). The van der Waals surface area contributed by atoms with Gasteiger partial charge in [-0.3, -0.25) is 5.10 Å². The van der Waals surface area contributed by atoms with E-state index in [9.17, 15) is 4.39 Å². The van der Waals surface area contributed by atoms with Gasteiger partial charge in [-0.25, -0.2) is 9.37 Å². The Balaban J connectivity index is 1.85. The van der Waals surface area contributed by atoms with E-state index >= 15 is 0 Å². The fraction of sp³-hybridized carbons (Fsp3) is 0.333. The maximum absolute atomic E-state index is 13.5. The van der Waals surface area contributed by atoms with E-state index < -0.39 is 0 Å². The van der Waals surface area contributed by atoms with Gasteiger partial charge in [0, 0.05) is 24.6 Å². The van der Waals surface area contributed by atoms with E-state index in [-0.39, 0.29) is 11.9 Å².